The van der Waals surface area contributed by atoms with E-state index in [1.807, 2.05) is 6.92 Å². The molecule has 3 saturated carbocycles. The van der Waals surface area contributed by atoms with Gasteiger partial charge in [0.05, 0.1) is 7.08 Å². The summed E-state index contributed by atoms with van der Waals surface area (Å²) in [5.74, 6) is 0.408. The highest BCUT2D eigenvalue weighted by atomic mass is 16.4. The minimum atomic E-state index is -2.19. The quantitative estimate of drug-likeness (QED) is 0.430. The Bertz CT molecular complexity index is 879. The molecule has 130 valence electrons. The van der Waals surface area contributed by atoms with Crippen molar-refractivity contribution in [1.82, 2.24) is 0 Å². The molecule has 3 fully saturated rings. The van der Waals surface area contributed by atoms with Crippen LogP contribution >= 0.6 is 0 Å². The molecular weight excluding hydrogens is 298 g/mol. The summed E-state index contributed by atoms with van der Waals surface area (Å²) in [6, 6.07) is -0.480. The van der Waals surface area contributed by atoms with Crippen LogP contribution in [0.3, 0.4) is 0 Å². The Kier molecular flexibility index (Phi) is 2.50. The molecule has 0 aromatic rings. The fourth-order valence-electron chi connectivity index (χ4n) is 6.05. The van der Waals surface area contributed by atoms with Crippen LogP contribution in [0.15, 0.2) is 16.8 Å². The van der Waals surface area contributed by atoms with Gasteiger partial charge in [0, 0.05) is 12.3 Å². The standard InChI is InChI=1S/C21H29NO2/c1-3-20-11-9-17-16-8-6-15(22-24)13-14(16)5-7-18(17)19(20)10-12-21(20,23)4-2/h2,13,16-19,23-24H,3,5-12H2,1H3/b22-15+/t16-,17+,18+,19-,20-,21-/m0/s1/i5D2,6D2,13D,16D. The van der Waals surface area contributed by atoms with Crippen LogP contribution in [-0.4, -0.2) is 21.6 Å². The van der Waals surface area contributed by atoms with E-state index in [0.29, 0.717) is 32.1 Å². The minimum absolute atomic E-state index is 0.0471. The molecule has 0 radical (unpaired) electrons. The van der Waals surface area contributed by atoms with E-state index >= 15 is 0 Å². The molecule has 0 spiro atoms. The van der Waals surface area contributed by atoms with E-state index in [4.69, 9.17) is 13.3 Å². The summed E-state index contributed by atoms with van der Waals surface area (Å²) in [6.07, 6.45) is 4.22. The van der Waals surface area contributed by atoms with Gasteiger partial charge < -0.3 is 10.3 Å². The van der Waals surface area contributed by atoms with Gasteiger partial charge in [0.1, 0.15) is 5.60 Å². The number of nitrogens with zero attached hydrogens (tertiary/aromatic N) is 1. The highest BCUT2D eigenvalue weighted by molar-refractivity contribution is 5.96. The number of hydrogen-bond acceptors (Lipinski definition) is 3. The number of aliphatic hydroxyl groups is 1. The molecule has 0 unspecified atom stereocenters. The lowest BCUT2D eigenvalue weighted by Gasteiger charge is -2.56. The highest BCUT2D eigenvalue weighted by Crippen LogP contribution is 2.66. The summed E-state index contributed by atoms with van der Waals surface area (Å²) in [7, 11) is 0. The molecule has 3 nitrogen and oxygen atoms in total. The molecule has 0 aromatic carbocycles. The van der Waals surface area contributed by atoms with Crippen LogP contribution in [0.1, 0.15) is 72.8 Å². The molecule has 3 heteroatoms. The summed E-state index contributed by atoms with van der Waals surface area (Å²) >= 11 is 0. The van der Waals surface area contributed by atoms with Gasteiger partial charge in [-0.15, -0.1) is 6.42 Å². The van der Waals surface area contributed by atoms with Crippen molar-refractivity contribution in [1.29, 1.82) is 0 Å². The Morgan fingerprint density at radius 3 is 2.92 bits per heavy atom. The molecule has 0 bridgehead atoms. The lowest BCUT2D eigenvalue weighted by Crippen LogP contribution is -2.53. The van der Waals surface area contributed by atoms with Crippen LogP contribution < -0.4 is 0 Å². The third kappa shape index (κ3) is 1.99. The zero-order valence-electron chi connectivity index (χ0n) is 20.1. The minimum Gasteiger partial charge on any atom is -0.411 e. The summed E-state index contributed by atoms with van der Waals surface area (Å²) in [5.41, 5.74) is -2.32. The molecule has 4 rings (SSSR count). The van der Waals surface area contributed by atoms with Crippen molar-refractivity contribution in [2.75, 3.05) is 0 Å². The summed E-state index contributed by atoms with van der Waals surface area (Å²) in [5, 5.41) is 23.5. The maximum atomic E-state index is 11.2. The summed E-state index contributed by atoms with van der Waals surface area (Å²) in [6.45, 7) is 2.01. The first-order valence-corrected chi connectivity index (χ1v) is 8.98. The average Bonchev–Trinajstić information content (AvgIpc) is 2.94. The predicted molar refractivity (Wildman–Crippen MR) is 94.7 cm³/mol. The van der Waals surface area contributed by atoms with Gasteiger partial charge in [-0.2, -0.15) is 0 Å². The van der Waals surface area contributed by atoms with Crippen molar-refractivity contribution in [2.24, 2.45) is 34.2 Å². The van der Waals surface area contributed by atoms with Crippen molar-refractivity contribution < 1.29 is 18.5 Å². The molecule has 6 atom stereocenters. The Hall–Kier alpha value is -1.27. The molecule has 0 aliphatic heterocycles. The smallest absolute Gasteiger partial charge is 0.131 e. The van der Waals surface area contributed by atoms with Crippen LogP contribution in [0.4, 0.5) is 0 Å². The first kappa shape index (κ1) is 10.7. The second-order valence-corrected chi connectivity index (χ2v) is 7.68. The van der Waals surface area contributed by atoms with Gasteiger partial charge >= 0.3 is 0 Å². The molecule has 0 saturated heterocycles. The number of rotatable bonds is 1. The molecule has 0 heterocycles. The van der Waals surface area contributed by atoms with E-state index in [2.05, 4.69) is 11.1 Å². The molecule has 4 aliphatic carbocycles. The van der Waals surface area contributed by atoms with Gasteiger partial charge in [-0.1, -0.05) is 23.6 Å². The Morgan fingerprint density at radius 1 is 1.38 bits per heavy atom. The van der Waals surface area contributed by atoms with Gasteiger partial charge in [-0.25, -0.2) is 0 Å². The molecule has 0 amide bonds. The molecule has 0 aromatic heterocycles. The Balaban J connectivity index is 1.87. The third-order valence-electron chi connectivity index (χ3n) is 7.23. The number of terminal acetylenes is 1. The highest BCUT2D eigenvalue weighted by Gasteiger charge is 2.63. The largest absolute Gasteiger partial charge is 0.411 e. The predicted octanol–water partition coefficient (Wildman–Crippen LogP) is 4.14. The molecule has 24 heavy (non-hydrogen) atoms. The first-order chi connectivity index (χ1) is 13.8. The summed E-state index contributed by atoms with van der Waals surface area (Å²) in [4.78, 5) is 0. The molecular formula is C21H29NO2. The third-order valence-corrected chi connectivity index (χ3v) is 7.23. The van der Waals surface area contributed by atoms with Crippen LogP contribution in [0.5, 0.6) is 0 Å². The van der Waals surface area contributed by atoms with Crippen molar-refractivity contribution in [3.8, 4) is 12.3 Å². The normalized spacial score (nSPS) is 60.2. The van der Waals surface area contributed by atoms with Gasteiger partial charge in [0.25, 0.3) is 0 Å². The molecule has 4 aliphatic rings. The van der Waals surface area contributed by atoms with Crippen molar-refractivity contribution in [2.45, 2.75) is 70.2 Å². The van der Waals surface area contributed by atoms with Crippen LogP contribution in [-0.2, 0) is 0 Å². The maximum Gasteiger partial charge on any atom is 0.131 e. The van der Waals surface area contributed by atoms with Crippen LogP contribution in [0.25, 0.3) is 0 Å². The number of oxime groups is 1. The number of hydrogen-bond donors (Lipinski definition) is 2. The lowest BCUT2D eigenvalue weighted by molar-refractivity contribution is -0.0989. The van der Waals surface area contributed by atoms with Gasteiger partial charge in [0.15, 0.2) is 0 Å². The Labute approximate surface area is 153 Å². The number of fused-ring (bicyclic) bond motifs is 5. The fraction of sp³-hybridized carbons (Fsp3) is 0.762. The second-order valence-electron chi connectivity index (χ2n) is 7.68. The van der Waals surface area contributed by atoms with E-state index < -0.39 is 41.4 Å². The van der Waals surface area contributed by atoms with Gasteiger partial charge in [-0.05, 0) is 87.4 Å². The van der Waals surface area contributed by atoms with Crippen molar-refractivity contribution in [3.63, 3.8) is 0 Å². The van der Waals surface area contributed by atoms with E-state index in [-0.39, 0.29) is 36.2 Å². The van der Waals surface area contributed by atoms with Crippen LogP contribution in [0.2, 0.25) is 0 Å². The van der Waals surface area contributed by atoms with E-state index in [1.54, 1.807) is 0 Å². The zero-order valence-corrected chi connectivity index (χ0v) is 14.1. The average molecular weight is 334 g/mol. The first-order valence-electron chi connectivity index (χ1n) is 12.0. The van der Waals surface area contributed by atoms with Crippen molar-refractivity contribution in [3.05, 3.63) is 11.6 Å². The summed E-state index contributed by atoms with van der Waals surface area (Å²) < 4.78 is 51.9. The van der Waals surface area contributed by atoms with Crippen molar-refractivity contribution >= 4 is 5.71 Å². The fourth-order valence-corrected chi connectivity index (χ4v) is 6.05. The van der Waals surface area contributed by atoms with E-state index in [9.17, 15) is 11.7 Å². The maximum absolute atomic E-state index is 11.2. The number of allylic oxidation sites excluding steroid dienone is 2. The van der Waals surface area contributed by atoms with Crippen LogP contribution in [0, 0.1) is 41.4 Å². The molecule has 2 N–H and O–H groups in total. The topological polar surface area (TPSA) is 52.8 Å². The van der Waals surface area contributed by atoms with E-state index in [0.717, 1.165) is 0 Å². The lowest BCUT2D eigenvalue weighted by atomic mass is 9.49. The SMILES string of the molecule is [2H]C1=C2C([2H])([2H])C[C@H]3[C@@H]4CC[C@@](O)(C#C)[C@@]4(CC)CC[C@@H]3[C@@]2([2H])CC([2H])([2H])/C1=N\O. The van der Waals surface area contributed by atoms with Gasteiger partial charge in [-0.3, -0.25) is 0 Å². The monoisotopic (exact) mass is 333 g/mol. The van der Waals surface area contributed by atoms with Gasteiger partial charge in [0.2, 0.25) is 0 Å². The Morgan fingerprint density at radius 2 is 2.21 bits per heavy atom. The second kappa shape index (κ2) is 5.63. The van der Waals surface area contributed by atoms with E-state index in [1.165, 1.54) is 0 Å². The zero-order chi connectivity index (χ0) is 22.3.